The Labute approximate surface area is 86.4 Å². The maximum absolute atomic E-state index is 11.7. The van der Waals surface area contributed by atoms with E-state index in [2.05, 4.69) is 0 Å². The molecule has 0 aromatic carbocycles. The van der Waals surface area contributed by atoms with Gasteiger partial charge in [0.05, 0.1) is 12.2 Å². The Morgan fingerprint density at radius 2 is 1.86 bits per heavy atom. The fourth-order valence-corrected chi connectivity index (χ4v) is 1.55. The van der Waals surface area contributed by atoms with Crippen molar-refractivity contribution >= 4 is 5.91 Å². The van der Waals surface area contributed by atoms with Gasteiger partial charge in [0, 0.05) is 18.5 Å². The zero-order chi connectivity index (χ0) is 10.9. The molecule has 0 aromatic rings. The van der Waals surface area contributed by atoms with E-state index in [9.17, 15) is 4.79 Å². The lowest BCUT2D eigenvalue weighted by Gasteiger charge is -2.42. The predicted molar refractivity (Wildman–Crippen MR) is 56.0 cm³/mol. The van der Waals surface area contributed by atoms with Crippen LogP contribution in [-0.2, 0) is 9.53 Å². The van der Waals surface area contributed by atoms with Crippen molar-refractivity contribution < 1.29 is 9.53 Å². The molecule has 82 valence electrons. The maximum Gasteiger partial charge on any atom is 0.228 e. The lowest BCUT2D eigenvalue weighted by Crippen LogP contribution is -2.58. The van der Waals surface area contributed by atoms with Crippen LogP contribution in [-0.4, -0.2) is 36.1 Å². The molecule has 3 nitrogen and oxygen atoms in total. The van der Waals surface area contributed by atoms with E-state index < -0.39 is 0 Å². The molecule has 1 aliphatic rings. The summed E-state index contributed by atoms with van der Waals surface area (Å²) in [6, 6.07) is 0. The summed E-state index contributed by atoms with van der Waals surface area (Å²) in [5.74, 6) is 0.223. The summed E-state index contributed by atoms with van der Waals surface area (Å²) >= 11 is 0. The minimum atomic E-state index is -0.261. The van der Waals surface area contributed by atoms with E-state index in [1.54, 1.807) is 0 Å². The second-order valence-electron chi connectivity index (χ2n) is 5.27. The van der Waals surface area contributed by atoms with Crippen LogP contribution in [0.1, 0.15) is 34.6 Å². The van der Waals surface area contributed by atoms with E-state index in [1.165, 1.54) is 0 Å². The monoisotopic (exact) mass is 199 g/mol. The van der Waals surface area contributed by atoms with Gasteiger partial charge in [0.15, 0.2) is 0 Å². The molecule has 1 aliphatic heterocycles. The lowest BCUT2D eigenvalue weighted by atomic mass is 9.93. The number of nitrogens with zero attached hydrogens (tertiary/aromatic N) is 1. The van der Waals surface area contributed by atoms with Crippen molar-refractivity contribution in [3.63, 3.8) is 0 Å². The standard InChI is InChI=1S/C11H21NO2/c1-8(2)14-9-6-12(7-9)10(13)11(3,4)5/h8-9H,6-7H2,1-5H3. The molecule has 0 saturated carbocycles. The summed E-state index contributed by atoms with van der Waals surface area (Å²) in [5.41, 5.74) is -0.261. The van der Waals surface area contributed by atoms with Crippen molar-refractivity contribution in [1.82, 2.24) is 4.90 Å². The molecule has 0 N–H and O–H groups in total. The Morgan fingerprint density at radius 3 is 2.21 bits per heavy atom. The number of hydrogen-bond donors (Lipinski definition) is 0. The van der Waals surface area contributed by atoms with Crippen LogP contribution < -0.4 is 0 Å². The highest BCUT2D eigenvalue weighted by Crippen LogP contribution is 2.23. The van der Waals surface area contributed by atoms with Crippen LogP contribution in [0.2, 0.25) is 0 Å². The SMILES string of the molecule is CC(C)OC1CN(C(=O)C(C)(C)C)C1. The summed E-state index contributed by atoms with van der Waals surface area (Å²) in [7, 11) is 0. The van der Waals surface area contributed by atoms with Gasteiger partial charge < -0.3 is 9.64 Å². The third-order valence-electron chi connectivity index (χ3n) is 2.24. The number of likely N-dealkylation sites (tertiary alicyclic amines) is 1. The molecule has 0 unspecified atom stereocenters. The van der Waals surface area contributed by atoms with Crippen LogP contribution in [0.15, 0.2) is 0 Å². The molecule has 1 amide bonds. The van der Waals surface area contributed by atoms with Gasteiger partial charge in [-0.15, -0.1) is 0 Å². The van der Waals surface area contributed by atoms with Gasteiger partial charge in [-0.05, 0) is 13.8 Å². The average molecular weight is 199 g/mol. The van der Waals surface area contributed by atoms with E-state index in [4.69, 9.17) is 4.74 Å². The fraction of sp³-hybridized carbons (Fsp3) is 0.909. The Balaban J connectivity index is 2.31. The summed E-state index contributed by atoms with van der Waals surface area (Å²) in [6.07, 6.45) is 0.508. The first-order valence-electron chi connectivity index (χ1n) is 5.25. The third-order valence-corrected chi connectivity index (χ3v) is 2.24. The van der Waals surface area contributed by atoms with Crippen molar-refractivity contribution in [1.29, 1.82) is 0 Å². The van der Waals surface area contributed by atoms with Gasteiger partial charge in [-0.3, -0.25) is 4.79 Å². The van der Waals surface area contributed by atoms with E-state index in [0.29, 0.717) is 0 Å². The molecule has 0 radical (unpaired) electrons. The first-order chi connectivity index (χ1) is 6.30. The molecule has 14 heavy (non-hydrogen) atoms. The number of rotatable bonds is 2. The van der Waals surface area contributed by atoms with Gasteiger partial charge in [-0.2, -0.15) is 0 Å². The molecule has 0 spiro atoms. The number of carbonyl (C=O) groups excluding carboxylic acids is 1. The molecular formula is C11H21NO2. The number of amides is 1. The van der Waals surface area contributed by atoms with Gasteiger partial charge in [-0.25, -0.2) is 0 Å². The van der Waals surface area contributed by atoms with E-state index in [1.807, 2.05) is 39.5 Å². The second kappa shape index (κ2) is 3.89. The number of carbonyl (C=O) groups is 1. The number of hydrogen-bond acceptors (Lipinski definition) is 2. The third kappa shape index (κ3) is 2.71. The maximum atomic E-state index is 11.7. The topological polar surface area (TPSA) is 29.5 Å². The van der Waals surface area contributed by atoms with E-state index >= 15 is 0 Å². The van der Waals surface area contributed by atoms with Gasteiger partial charge in [0.1, 0.15) is 0 Å². The Bertz CT molecular complexity index is 212. The Hall–Kier alpha value is -0.570. The van der Waals surface area contributed by atoms with Crippen molar-refractivity contribution in [3.05, 3.63) is 0 Å². The first kappa shape index (κ1) is 11.5. The largest absolute Gasteiger partial charge is 0.372 e. The molecule has 1 fully saturated rings. The van der Waals surface area contributed by atoms with E-state index in [-0.39, 0.29) is 23.5 Å². The van der Waals surface area contributed by atoms with Crippen LogP contribution in [0.25, 0.3) is 0 Å². The molecule has 1 saturated heterocycles. The highest BCUT2D eigenvalue weighted by molar-refractivity contribution is 5.82. The second-order valence-corrected chi connectivity index (χ2v) is 5.27. The molecule has 1 heterocycles. The minimum Gasteiger partial charge on any atom is -0.372 e. The van der Waals surface area contributed by atoms with Crippen LogP contribution in [0, 0.1) is 5.41 Å². The smallest absolute Gasteiger partial charge is 0.228 e. The zero-order valence-electron chi connectivity index (χ0n) is 9.83. The van der Waals surface area contributed by atoms with Gasteiger partial charge in [0.25, 0.3) is 0 Å². The summed E-state index contributed by atoms with van der Waals surface area (Å²) in [5, 5.41) is 0. The minimum absolute atomic E-state index is 0.223. The summed E-state index contributed by atoms with van der Waals surface area (Å²) in [6.45, 7) is 11.4. The number of ether oxygens (including phenoxy) is 1. The molecule has 0 aromatic heterocycles. The highest BCUT2D eigenvalue weighted by Gasteiger charge is 2.36. The predicted octanol–water partition coefficient (Wildman–Crippen LogP) is 1.67. The molecule has 0 aliphatic carbocycles. The molecule has 0 bridgehead atoms. The van der Waals surface area contributed by atoms with Crippen LogP contribution >= 0.6 is 0 Å². The summed E-state index contributed by atoms with van der Waals surface area (Å²) < 4.78 is 5.59. The molecule has 0 atom stereocenters. The first-order valence-corrected chi connectivity index (χ1v) is 5.25. The lowest BCUT2D eigenvalue weighted by molar-refractivity contribution is -0.156. The van der Waals surface area contributed by atoms with Crippen molar-refractivity contribution in [2.75, 3.05) is 13.1 Å². The van der Waals surface area contributed by atoms with Crippen LogP contribution in [0.5, 0.6) is 0 Å². The Kier molecular flexibility index (Phi) is 3.20. The quantitative estimate of drug-likeness (QED) is 0.677. The fourth-order valence-electron chi connectivity index (χ4n) is 1.55. The molecule has 1 rings (SSSR count). The van der Waals surface area contributed by atoms with Crippen molar-refractivity contribution in [3.8, 4) is 0 Å². The average Bonchev–Trinajstić information content (AvgIpc) is 1.92. The highest BCUT2D eigenvalue weighted by atomic mass is 16.5. The molecular weight excluding hydrogens is 178 g/mol. The Morgan fingerprint density at radius 1 is 1.36 bits per heavy atom. The summed E-state index contributed by atoms with van der Waals surface area (Å²) in [4.78, 5) is 13.6. The van der Waals surface area contributed by atoms with Gasteiger partial charge in [0.2, 0.25) is 5.91 Å². The zero-order valence-corrected chi connectivity index (χ0v) is 9.83. The van der Waals surface area contributed by atoms with E-state index in [0.717, 1.165) is 13.1 Å². The van der Waals surface area contributed by atoms with Crippen LogP contribution in [0.3, 0.4) is 0 Å². The van der Waals surface area contributed by atoms with Gasteiger partial charge >= 0.3 is 0 Å². The van der Waals surface area contributed by atoms with Gasteiger partial charge in [-0.1, -0.05) is 20.8 Å². The van der Waals surface area contributed by atoms with Crippen molar-refractivity contribution in [2.24, 2.45) is 5.41 Å². The van der Waals surface area contributed by atoms with Crippen molar-refractivity contribution in [2.45, 2.75) is 46.8 Å². The molecule has 3 heteroatoms. The normalized spacial score (nSPS) is 18.6. The van der Waals surface area contributed by atoms with Crippen LogP contribution in [0.4, 0.5) is 0 Å².